The molecule has 15 heavy (non-hydrogen) atoms. The van der Waals surface area contributed by atoms with Crippen LogP contribution in [0.2, 0.25) is 0 Å². The van der Waals surface area contributed by atoms with Gasteiger partial charge < -0.3 is 9.84 Å². The summed E-state index contributed by atoms with van der Waals surface area (Å²) in [5, 5.41) is 9.22. The van der Waals surface area contributed by atoms with Crippen LogP contribution in [0.5, 0.6) is 0 Å². The maximum absolute atomic E-state index is 9.22. The molecule has 0 saturated carbocycles. The van der Waals surface area contributed by atoms with Crippen LogP contribution in [-0.2, 0) is 4.74 Å². The number of rotatable bonds is 6. The summed E-state index contributed by atoms with van der Waals surface area (Å²) in [4.78, 5) is 0. The van der Waals surface area contributed by atoms with Crippen LogP contribution in [0.4, 0.5) is 0 Å². The Morgan fingerprint density at radius 3 is 2.13 bits per heavy atom. The first-order valence-corrected chi connectivity index (χ1v) is 6.39. The molecule has 0 amide bonds. The number of hydrogen-bond acceptors (Lipinski definition) is 2. The number of hydrogen-bond donors (Lipinski definition) is 1. The Hall–Kier alpha value is -0.0800. The third-order valence-corrected chi connectivity index (χ3v) is 2.38. The second-order valence-electron chi connectivity index (χ2n) is 4.82. The van der Waals surface area contributed by atoms with Crippen molar-refractivity contribution in [3.63, 3.8) is 0 Å². The molecule has 1 heterocycles. The Morgan fingerprint density at radius 2 is 1.87 bits per heavy atom. The van der Waals surface area contributed by atoms with Crippen molar-refractivity contribution < 1.29 is 9.84 Å². The van der Waals surface area contributed by atoms with E-state index < -0.39 is 0 Å². The van der Waals surface area contributed by atoms with Crippen LogP contribution < -0.4 is 0 Å². The molecule has 0 spiro atoms. The lowest BCUT2D eigenvalue weighted by molar-refractivity contribution is 0.138. The first kappa shape index (κ1) is 14.9. The van der Waals surface area contributed by atoms with E-state index in [-0.39, 0.29) is 6.10 Å². The standard InChI is InChI=1S/C8H18O.C5H10O/c1-4-5-8(9)6-7(2)3;1-2-3-5-4-6-5/h7-9H,4-6H2,1-3H3;5H,2-4H2,1H3/t8-;5-/m00/s1. The molecule has 1 rings (SSSR count). The summed E-state index contributed by atoms with van der Waals surface area (Å²) in [6.45, 7) is 9.58. The van der Waals surface area contributed by atoms with Crippen LogP contribution in [-0.4, -0.2) is 23.9 Å². The van der Waals surface area contributed by atoms with E-state index in [2.05, 4.69) is 27.7 Å². The van der Waals surface area contributed by atoms with E-state index in [1.54, 1.807) is 0 Å². The Kier molecular flexibility index (Phi) is 9.12. The van der Waals surface area contributed by atoms with Crippen molar-refractivity contribution in [3.05, 3.63) is 0 Å². The van der Waals surface area contributed by atoms with E-state index in [1.807, 2.05) is 0 Å². The molecule has 1 N–H and O–H groups in total. The fraction of sp³-hybridized carbons (Fsp3) is 1.00. The van der Waals surface area contributed by atoms with E-state index in [0.717, 1.165) is 25.9 Å². The summed E-state index contributed by atoms with van der Waals surface area (Å²) in [6, 6.07) is 0. The summed E-state index contributed by atoms with van der Waals surface area (Å²) in [5.74, 6) is 0.631. The lowest BCUT2D eigenvalue weighted by Crippen LogP contribution is -2.08. The number of aliphatic hydroxyl groups excluding tert-OH is 1. The number of aliphatic hydroxyl groups is 1. The van der Waals surface area contributed by atoms with E-state index >= 15 is 0 Å². The lowest BCUT2D eigenvalue weighted by Gasteiger charge is -2.10. The van der Waals surface area contributed by atoms with Crippen molar-refractivity contribution in [1.82, 2.24) is 0 Å². The minimum atomic E-state index is -0.0602. The Bertz CT molecular complexity index is 130. The van der Waals surface area contributed by atoms with E-state index in [9.17, 15) is 5.11 Å². The van der Waals surface area contributed by atoms with Gasteiger partial charge in [0.05, 0.1) is 18.8 Å². The SMILES string of the molecule is CCC[C@H](O)CC(C)C.CCC[C@H]1CO1. The van der Waals surface area contributed by atoms with Crippen molar-refractivity contribution in [2.24, 2.45) is 5.92 Å². The molecule has 2 atom stereocenters. The van der Waals surface area contributed by atoms with Crippen LogP contribution in [0.25, 0.3) is 0 Å². The van der Waals surface area contributed by atoms with Gasteiger partial charge in [-0.15, -0.1) is 0 Å². The molecule has 0 aliphatic carbocycles. The summed E-state index contributed by atoms with van der Waals surface area (Å²) >= 11 is 0. The highest BCUT2D eigenvalue weighted by atomic mass is 16.6. The van der Waals surface area contributed by atoms with Gasteiger partial charge in [-0.3, -0.25) is 0 Å². The smallest absolute Gasteiger partial charge is 0.0809 e. The molecule has 0 aromatic carbocycles. The van der Waals surface area contributed by atoms with Crippen molar-refractivity contribution in [2.75, 3.05) is 6.61 Å². The highest BCUT2D eigenvalue weighted by Gasteiger charge is 2.19. The molecule has 1 aliphatic heterocycles. The molecular weight excluding hydrogens is 188 g/mol. The summed E-state index contributed by atoms with van der Waals surface area (Å²) in [5.41, 5.74) is 0. The summed E-state index contributed by atoms with van der Waals surface area (Å²) in [6.07, 6.45) is 6.12. The van der Waals surface area contributed by atoms with Gasteiger partial charge in [0.25, 0.3) is 0 Å². The molecular formula is C13H28O2. The highest BCUT2D eigenvalue weighted by Crippen LogP contribution is 2.14. The molecule has 0 unspecified atom stereocenters. The zero-order valence-electron chi connectivity index (χ0n) is 10.8. The van der Waals surface area contributed by atoms with Gasteiger partial charge in [-0.1, -0.05) is 40.5 Å². The zero-order valence-corrected chi connectivity index (χ0v) is 10.8. The second-order valence-corrected chi connectivity index (χ2v) is 4.82. The normalized spacial score (nSPS) is 20.8. The molecule has 2 nitrogen and oxygen atoms in total. The maximum atomic E-state index is 9.22. The first-order valence-electron chi connectivity index (χ1n) is 6.39. The second kappa shape index (κ2) is 9.17. The molecule has 1 saturated heterocycles. The van der Waals surface area contributed by atoms with Crippen molar-refractivity contribution >= 4 is 0 Å². The molecule has 1 fully saturated rings. The van der Waals surface area contributed by atoms with Gasteiger partial charge in [0.15, 0.2) is 0 Å². The molecule has 0 aromatic heterocycles. The minimum absolute atomic E-state index is 0.0602. The van der Waals surface area contributed by atoms with Gasteiger partial charge >= 0.3 is 0 Å². The summed E-state index contributed by atoms with van der Waals surface area (Å²) in [7, 11) is 0. The monoisotopic (exact) mass is 216 g/mol. The molecule has 92 valence electrons. The fourth-order valence-corrected chi connectivity index (χ4v) is 1.55. The van der Waals surface area contributed by atoms with Crippen LogP contribution in [0.3, 0.4) is 0 Å². The quantitative estimate of drug-likeness (QED) is 0.690. The predicted octanol–water partition coefficient (Wildman–Crippen LogP) is 3.38. The molecule has 0 aromatic rings. The van der Waals surface area contributed by atoms with Crippen molar-refractivity contribution in [2.45, 2.75) is 72.0 Å². The minimum Gasteiger partial charge on any atom is -0.393 e. The average Bonchev–Trinajstić information content (AvgIpc) is 2.89. The van der Waals surface area contributed by atoms with Gasteiger partial charge in [-0.05, 0) is 25.2 Å². The Labute approximate surface area is 95.0 Å². The first-order chi connectivity index (χ1) is 7.10. The highest BCUT2D eigenvalue weighted by molar-refractivity contribution is 4.66. The maximum Gasteiger partial charge on any atom is 0.0809 e. The van der Waals surface area contributed by atoms with Gasteiger partial charge in [0, 0.05) is 0 Å². The molecule has 0 radical (unpaired) electrons. The van der Waals surface area contributed by atoms with Gasteiger partial charge in [-0.2, -0.15) is 0 Å². The lowest BCUT2D eigenvalue weighted by atomic mass is 10.0. The third-order valence-electron chi connectivity index (χ3n) is 2.38. The van der Waals surface area contributed by atoms with E-state index in [4.69, 9.17) is 4.74 Å². The van der Waals surface area contributed by atoms with Gasteiger partial charge in [0.1, 0.15) is 0 Å². The molecule has 1 aliphatic rings. The Balaban J connectivity index is 0.000000280. The zero-order chi connectivity index (χ0) is 11.7. The number of epoxide rings is 1. The van der Waals surface area contributed by atoms with Crippen LogP contribution in [0.15, 0.2) is 0 Å². The largest absolute Gasteiger partial charge is 0.393 e. The van der Waals surface area contributed by atoms with Crippen molar-refractivity contribution in [3.8, 4) is 0 Å². The van der Waals surface area contributed by atoms with Gasteiger partial charge in [0.2, 0.25) is 0 Å². The van der Waals surface area contributed by atoms with E-state index in [0.29, 0.717) is 12.0 Å². The fourth-order valence-electron chi connectivity index (χ4n) is 1.55. The molecule has 0 bridgehead atoms. The van der Waals surface area contributed by atoms with Crippen molar-refractivity contribution in [1.29, 1.82) is 0 Å². The Morgan fingerprint density at radius 1 is 1.27 bits per heavy atom. The van der Waals surface area contributed by atoms with Crippen LogP contribution in [0.1, 0.15) is 59.8 Å². The van der Waals surface area contributed by atoms with E-state index in [1.165, 1.54) is 12.8 Å². The third kappa shape index (κ3) is 11.8. The molecule has 2 heteroatoms. The average molecular weight is 216 g/mol. The topological polar surface area (TPSA) is 32.8 Å². The van der Waals surface area contributed by atoms with Crippen LogP contribution >= 0.6 is 0 Å². The number of ether oxygens (including phenoxy) is 1. The summed E-state index contributed by atoms with van der Waals surface area (Å²) < 4.78 is 4.95. The van der Waals surface area contributed by atoms with Gasteiger partial charge in [-0.25, -0.2) is 0 Å². The predicted molar refractivity (Wildman–Crippen MR) is 65.0 cm³/mol. The van der Waals surface area contributed by atoms with Crippen LogP contribution in [0, 0.1) is 5.92 Å².